The van der Waals surface area contributed by atoms with Gasteiger partial charge in [0.05, 0.1) is 5.56 Å². The SMILES string of the molecule is CC(C)n1ncnc1COc1ccc(N)cc1C(F)(F)F. The van der Waals surface area contributed by atoms with Gasteiger partial charge in [-0.05, 0) is 32.0 Å². The molecule has 21 heavy (non-hydrogen) atoms. The first-order chi connectivity index (χ1) is 9.79. The highest BCUT2D eigenvalue weighted by Crippen LogP contribution is 2.37. The Morgan fingerprint density at radius 2 is 2.05 bits per heavy atom. The molecule has 1 heterocycles. The lowest BCUT2D eigenvalue weighted by molar-refractivity contribution is -0.139. The van der Waals surface area contributed by atoms with Crippen LogP contribution in [0.15, 0.2) is 24.5 Å². The smallest absolute Gasteiger partial charge is 0.420 e. The molecule has 0 amide bonds. The monoisotopic (exact) mass is 300 g/mol. The fraction of sp³-hybridized carbons (Fsp3) is 0.385. The van der Waals surface area contributed by atoms with E-state index in [0.717, 1.165) is 6.07 Å². The maximum absolute atomic E-state index is 12.9. The molecule has 0 saturated heterocycles. The van der Waals surface area contributed by atoms with Crippen molar-refractivity contribution >= 4 is 5.69 Å². The summed E-state index contributed by atoms with van der Waals surface area (Å²) in [5, 5.41) is 4.00. The molecule has 0 aliphatic rings. The van der Waals surface area contributed by atoms with E-state index < -0.39 is 11.7 Å². The van der Waals surface area contributed by atoms with Gasteiger partial charge in [-0.15, -0.1) is 0 Å². The number of hydrogen-bond acceptors (Lipinski definition) is 4. The quantitative estimate of drug-likeness (QED) is 0.881. The first-order valence-electron chi connectivity index (χ1n) is 6.27. The molecular formula is C13H15F3N4O. The van der Waals surface area contributed by atoms with E-state index in [0.29, 0.717) is 5.82 Å². The van der Waals surface area contributed by atoms with Gasteiger partial charge in [-0.2, -0.15) is 18.3 Å². The van der Waals surface area contributed by atoms with Crippen LogP contribution in [0.4, 0.5) is 18.9 Å². The van der Waals surface area contributed by atoms with E-state index in [1.165, 1.54) is 18.5 Å². The average molecular weight is 300 g/mol. The Bertz CT molecular complexity index is 622. The van der Waals surface area contributed by atoms with E-state index in [9.17, 15) is 13.2 Å². The van der Waals surface area contributed by atoms with Crippen molar-refractivity contribution in [3.8, 4) is 5.75 Å². The molecule has 5 nitrogen and oxygen atoms in total. The van der Waals surface area contributed by atoms with Gasteiger partial charge in [-0.25, -0.2) is 9.67 Å². The first kappa shape index (κ1) is 15.1. The molecule has 0 radical (unpaired) electrons. The number of ether oxygens (including phenoxy) is 1. The highest BCUT2D eigenvalue weighted by molar-refractivity contribution is 5.49. The number of nitrogens with zero attached hydrogens (tertiary/aromatic N) is 3. The molecule has 2 N–H and O–H groups in total. The van der Waals surface area contributed by atoms with Crippen LogP contribution in [0, 0.1) is 0 Å². The molecule has 0 aliphatic carbocycles. The molecule has 2 rings (SSSR count). The van der Waals surface area contributed by atoms with Crippen LogP contribution in [0.3, 0.4) is 0 Å². The molecule has 0 aliphatic heterocycles. The topological polar surface area (TPSA) is 66.0 Å². The van der Waals surface area contributed by atoms with Gasteiger partial charge in [0, 0.05) is 11.7 Å². The first-order valence-corrected chi connectivity index (χ1v) is 6.27. The van der Waals surface area contributed by atoms with Crippen LogP contribution in [-0.2, 0) is 12.8 Å². The third kappa shape index (κ3) is 3.45. The Morgan fingerprint density at radius 3 is 2.67 bits per heavy atom. The normalized spacial score (nSPS) is 11.9. The Balaban J connectivity index is 2.22. The van der Waals surface area contributed by atoms with Gasteiger partial charge in [-0.1, -0.05) is 0 Å². The summed E-state index contributed by atoms with van der Waals surface area (Å²) in [7, 11) is 0. The molecule has 1 aromatic heterocycles. The van der Waals surface area contributed by atoms with Gasteiger partial charge in [0.1, 0.15) is 18.7 Å². The number of nitrogen functional groups attached to an aromatic ring is 1. The third-order valence-electron chi connectivity index (χ3n) is 2.80. The number of halogens is 3. The van der Waals surface area contributed by atoms with Crippen molar-refractivity contribution in [1.82, 2.24) is 14.8 Å². The Morgan fingerprint density at radius 1 is 1.33 bits per heavy atom. The van der Waals surface area contributed by atoms with Crippen molar-refractivity contribution in [2.24, 2.45) is 0 Å². The fourth-order valence-electron chi connectivity index (χ4n) is 1.85. The summed E-state index contributed by atoms with van der Waals surface area (Å²) < 4.78 is 45.6. The lowest BCUT2D eigenvalue weighted by Gasteiger charge is -2.15. The van der Waals surface area contributed by atoms with Crippen LogP contribution >= 0.6 is 0 Å². The second-order valence-corrected chi connectivity index (χ2v) is 4.76. The average Bonchev–Trinajstić information content (AvgIpc) is 2.84. The van der Waals surface area contributed by atoms with Gasteiger partial charge in [0.2, 0.25) is 0 Å². The van der Waals surface area contributed by atoms with Gasteiger partial charge >= 0.3 is 6.18 Å². The third-order valence-corrected chi connectivity index (χ3v) is 2.80. The molecule has 114 valence electrons. The minimum absolute atomic E-state index is 0.0278. The number of hydrogen-bond donors (Lipinski definition) is 1. The standard InChI is InChI=1S/C13H15F3N4O/c1-8(2)20-12(18-7-19-20)6-21-11-4-3-9(17)5-10(11)13(14,15)16/h3-5,7-8H,6,17H2,1-2H3. The zero-order valence-corrected chi connectivity index (χ0v) is 11.6. The van der Waals surface area contributed by atoms with Crippen LogP contribution < -0.4 is 10.5 Å². The van der Waals surface area contributed by atoms with Crippen LogP contribution in [0.5, 0.6) is 5.75 Å². The largest absolute Gasteiger partial charge is 0.485 e. The van der Waals surface area contributed by atoms with Crippen LogP contribution in [0.1, 0.15) is 31.3 Å². The summed E-state index contributed by atoms with van der Waals surface area (Å²) in [6.07, 6.45) is -3.19. The van der Waals surface area contributed by atoms with Gasteiger partial charge in [0.15, 0.2) is 5.82 Å². The fourth-order valence-corrected chi connectivity index (χ4v) is 1.85. The van der Waals surface area contributed by atoms with Gasteiger partial charge in [-0.3, -0.25) is 0 Å². The lowest BCUT2D eigenvalue weighted by Crippen LogP contribution is -2.13. The summed E-state index contributed by atoms with van der Waals surface area (Å²) in [6.45, 7) is 3.68. The van der Waals surface area contributed by atoms with E-state index in [-0.39, 0.29) is 24.1 Å². The molecule has 2 aromatic rings. The zero-order valence-electron chi connectivity index (χ0n) is 11.6. The second-order valence-electron chi connectivity index (χ2n) is 4.76. The van der Waals surface area contributed by atoms with Crippen LogP contribution in [0.25, 0.3) is 0 Å². The lowest BCUT2D eigenvalue weighted by atomic mass is 10.1. The maximum atomic E-state index is 12.9. The highest BCUT2D eigenvalue weighted by Gasteiger charge is 2.34. The summed E-state index contributed by atoms with van der Waals surface area (Å²) in [6, 6.07) is 3.45. The van der Waals surface area contributed by atoms with Crippen molar-refractivity contribution < 1.29 is 17.9 Å². The molecule has 0 unspecified atom stereocenters. The number of aromatic nitrogens is 3. The van der Waals surface area contributed by atoms with Crippen molar-refractivity contribution in [3.05, 3.63) is 35.9 Å². The molecule has 0 bridgehead atoms. The molecule has 8 heteroatoms. The molecule has 1 aromatic carbocycles. The van der Waals surface area contributed by atoms with E-state index in [1.54, 1.807) is 4.68 Å². The van der Waals surface area contributed by atoms with Gasteiger partial charge < -0.3 is 10.5 Å². The van der Waals surface area contributed by atoms with Crippen molar-refractivity contribution in [1.29, 1.82) is 0 Å². The Hall–Kier alpha value is -2.25. The summed E-state index contributed by atoms with van der Waals surface area (Å²) in [5.41, 5.74) is 4.52. The Labute approximate surface area is 119 Å². The predicted molar refractivity (Wildman–Crippen MR) is 70.6 cm³/mol. The minimum Gasteiger partial charge on any atom is -0.485 e. The summed E-state index contributed by atoms with van der Waals surface area (Å²) in [4.78, 5) is 3.98. The number of nitrogens with two attached hydrogens (primary N) is 1. The number of alkyl halides is 3. The van der Waals surface area contributed by atoms with Crippen molar-refractivity contribution in [2.75, 3.05) is 5.73 Å². The van der Waals surface area contributed by atoms with Crippen LogP contribution in [0.2, 0.25) is 0 Å². The van der Waals surface area contributed by atoms with E-state index in [1.807, 2.05) is 13.8 Å². The number of anilines is 1. The van der Waals surface area contributed by atoms with Gasteiger partial charge in [0.25, 0.3) is 0 Å². The van der Waals surface area contributed by atoms with Crippen LogP contribution in [-0.4, -0.2) is 14.8 Å². The maximum Gasteiger partial charge on any atom is 0.420 e. The van der Waals surface area contributed by atoms with E-state index >= 15 is 0 Å². The van der Waals surface area contributed by atoms with Crippen molar-refractivity contribution in [2.45, 2.75) is 32.7 Å². The molecule has 0 atom stereocenters. The molecule has 0 fully saturated rings. The van der Waals surface area contributed by atoms with Crippen molar-refractivity contribution in [3.63, 3.8) is 0 Å². The Kier molecular flexibility index (Phi) is 4.06. The highest BCUT2D eigenvalue weighted by atomic mass is 19.4. The van der Waals surface area contributed by atoms with E-state index in [2.05, 4.69) is 10.1 Å². The minimum atomic E-state index is -4.53. The molecule has 0 spiro atoms. The zero-order chi connectivity index (χ0) is 15.6. The summed E-state index contributed by atoms with van der Waals surface area (Å²) >= 11 is 0. The number of rotatable bonds is 4. The molecule has 0 saturated carbocycles. The predicted octanol–water partition coefficient (Wildman–Crippen LogP) is 3.04. The molecular weight excluding hydrogens is 285 g/mol. The number of benzene rings is 1. The summed E-state index contributed by atoms with van der Waals surface area (Å²) in [5.74, 6) is 0.171. The van der Waals surface area contributed by atoms with E-state index in [4.69, 9.17) is 10.5 Å². The second kappa shape index (κ2) is 5.63.